The summed E-state index contributed by atoms with van der Waals surface area (Å²) in [4.78, 5) is 17.9. The first-order valence-corrected chi connectivity index (χ1v) is 7.51. The SMILES string of the molecule is O=C(O)Nc1nc2cc(C3(c4ccccc4)OCCO3)ccc2[nH]1. The minimum atomic E-state index is -1.17. The number of amides is 1. The van der Waals surface area contributed by atoms with Crippen molar-refractivity contribution in [2.24, 2.45) is 0 Å². The summed E-state index contributed by atoms with van der Waals surface area (Å²) in [6.45, 7) is 0.999. The first-order valence-electron chi connectivity index (χ1n) is 7.51. The quantitative estimate of drug-likeness (QED) is 0.688. The van der Waals surface area contributed by atoms with Crippen molar-refractivity contribution in [1.82, 2.24) is 9.97 Å². The maximum atomic E-state index is 10.7. The van der Waals surface area contributed by atoms with Crippen molar-refractivity contribution in [3.8, 4) is 0 Å². The van der Waals surface area contributed by atoms with Gasteiger partial charge < -0.3 is 19.6 Å². The van der Waals surface area contributed by atoms with Gasteiger partial charge in [0.05, 0.1) is 24.2 Å². The molecule has 0 saturated carbocycles. The van der Waals surface area contributed by atoms with Gasteiger partial charge in [-0.3, -0.25) is 5.32 Å². The fraction of sp³-hybridized carbons (Fsp3) is 0.176. The Hall–Kier alpha value is -2.90. The van der Waals surface area contributed by atoms with Gasteiger partial charge >= 0.3 is 6.09 Å². The van der Waals surface area contributed by atoms with Gasteiger partial charge in [-0.25, -0.2) is 9.78 Å². The minimum Gasteiger partial charge on any atom is -0.465 e. The Morgan fingerprint density at radius 3 is 2.58 bits per heavy atom. The summed E-state index contributed by atoms with van der Waals surface area (Å²) >= 11 is 0. The molecule has 1 saturated heterocycles. The number of aromatic amines is 1. The number of nitrogens with zero attached hydrogens (tertiary/aromatic N) is 1. The molecule has 0 spiro atoms. The van der Waals surface area contributed by atoms with Crippen molar-refractivity contribution in [2.75, 3.05) is 18.5 Å². The molecule has 1 fully saturated rings. The zero-order chi connectivity index (χ0) is 16.6. The first-order chi connectivity index (χ1) is 11.7. The molecule has 0 radical (unpaired) electrons. The van der Waals surface area contributed by atoms with E-state index in [1.807, 2.05) is 48.5 Å². The van der Waals surface area contributed by atoms with E-state index in [2.05, 4.69) is 15.3 Å². The van der Waals surface area contributed by atoms with Crippen LogP contribution < -0.4 is 5.32 Å². The largest absolute Gasteiger partial charge is 0.465 e. The molecule has 0 aliphatic carbocycles. The van der Waals surface area contributed by atoms with Crippen molar-refractivity contribution < 1.29 is 19.4 Å². The average molecular weight is 325 g/mol. The molecule has 2 aromatic carbocycles. The van der Waals surface area contributed by atoms with E-state index in [1.165, 1.54) is 0 Å². The highest BCUT2D eigenvalue weighted by molar-refractivity contribution is 5.85. The highest BCUT2D eigenvalue weighted by Crippen LogP contribution is 2.39. The molecule has 1 aliphatic rings. The number of hydrogen-bond acceptors (Lipinski definition) is 4. The van der Waals surface area contributed by atoms with Gasteiger partial charge in [0, 0.05) is 11.1 Å². The van der Waals surface area contributed by atoms with Gasteiger partial charge in [0.15, 0.2) is 0 Å². The molecule has 24 heavy (non-hydrogen) atoms. The van der Waals surface area contributed by atoms with E-state index < -0.39 is 11.9 Å². The first kappa shape index (κ1) is 14.7. The van der Waals surface area contributed by atoms with E-state index in [0.717, 1.165) is 16.6 Å². The maximum Gasteiger partial charge on any atom is 0.411 e. The van der Waals surface area contributed by atoms with E-state index >= 15 is 0 Å². The molecule has 122 valence electrons. The Kier molecular flexibility index (Phi) is 3.44. The number of nitrogens with one attached hydrogen (secondary N) is 2. The van der Waals surface area contributed by atoms with Crippen LogP contribution in [0.2, 0.25) is 0 Å². The Bertz CT molecular complexity index is 885. The number of anilines is 1. The number of benzene rings is 2. The summed E-state index contributed by atoms with van der Waals surface area (Å²) in [5.41, 5.74) is 3.07. The van der Waals surface area contributed by atoms with E-state index in [9.17, 15) is 4.79 Å². The zero-order valence-corrected chi connectivity index (χ0v) is 12.7. The molecule has 3 aromatic rings. The van der Waals surface area contributed by atoms with Crippen LogP contribution in [0.15, 0.2) is 48.5 Å². The number of fused-ring (bicyclic) bond motifs is 1. The summed E-state index contributed by atoms with van der Waals surface area (Å²) in [5.74, 6) is -0.786. The van der Waals surface area contributed by atoms with Crippen molar-refractivity contribution in [1.29, 1.82) is 0 Å². The summed E-state index contributed by atoms with van der Waals surface area (Å²) in [6, 6.07) is 15.3. The third kappa shape index (κ3) is 2.40. The van der Waals surface area contributed by atoms with Crippen LogP contribution in [0.4, 0.5) is 10.7 Å². The van der Waals surface area contributed by atoms with Crippen LogP contribution in [-0.2, 0) is 15.3 Å². The van der Waals surface area contributed by atoms with Crippen molar-refractivity contribution in [2.45, 2.75) is 5.79 Å². The Morgan fingerprint density at radius 2 is 1.88 bits per heavy atom. The van der Waals surface area contributed by atoms with Gasteiger partial charge in [0.25, 0.3) is 0 Å². The van der Waals surface area contributed by atoms with Gasteiger partial charge in [-0.05, 0) is 12.1 Å². The number of rotatable bonds is 3. The molecule has 1 aromatic heterocycles. The fourth-order valence-electron chi connectivity index (χ4n) is 2.94. The van der Waals surface area contributed by atoms with Crippen LogP contribution in [0.1, 0.15) is 11.1 Å². The lowest BCUT2D eigenvalue weighted by atomic mass is 9.97. The molecule has 1 amide bonds. The Morgan fingerprint density at radius 1 is 1.12 bits per heavy atom. The molecule has 0 unspecified atom stereocenters. The molecule has 7 nitrogen and oxygen atoms in total. The third-order valence-corrected chi connectivity index (χ3v) is 3.94. The van der Waals surface area contributed by atoms with Gasteiger partial charge in [-0.2, -0.15) is 0 Å². The van der Waals surface area contributed by atoms with E-state index in [0.29, 0.717) is 18.7 Å². The number of H-pyrrole nitrogens is 1. The lowest BCUT2D eigenvalue weighted by molar-refractivity contribution is -0.129. The van der Waals surface area contributed by atoms with E-state index in [1.54, 1.807) is 0 Å². The van der Waals surface area contributed by atoms with Crippen molar-refractivity contribution in [3.63, 3.8) is 0 Å². The Labute approximate surface area is 137 Å². The Balaban J connectivity index is 1.80. The van der Waals surface area contributed by atoms with Crippen LogP contribution >= 0.6 is 0 Å². The summed E-state index contributed by atoms with van der Waals surface area (Å²) < 4.78 is 11.9. The minimum absolute atomic E-state index is 0.177. The summed E-state index contributed by atoms with van der Waals surface area (Å²) in [5, 5.41) is 11.0. The summed E-state index contributed by atoms with van der Waals surface area (Å²) in [6.07, 6.45) is -1.17. The zero-order valence-electron chi connectivity index (χ0n) is 12.7. The summed E-state index contributed by atoms with van der Waals surface area (Å²) in [7, 11) is 0. The number of aromatic nitrogens is 2. The monoisotopic (exact) mass is 325 g/mol. The molecule has 3 N–H and O–H groups in total. The number of hydrogen-bond donors (Lipinski definition) is 3. The molecule has 7 heteroatoms. The van der Waals surface area contributed by atoms with Gasteiger partial charge in [-0.15, -0.1) is 0 Å². The predicted molar refractivity (Wildman–Crippen MR) is 86.9 cm³/mol. The lowest BCUT2D eigenvalue weighted by Gasteiger charge is -2.28. The lowest BCUT2D eigenvalue weighted by Crippen LogP contribution is -2.28. The number of ether oxygens (including phenoxy) is 2. The molecule has 2 heterocycles. The number of imidazole rings is 1. The maximum absolute atomic E-state index is 10.7. The average Bonchev–Trinajstić information content (AvgIpc) is 3.21. The highest BCUT2D eigenvalue weighted by atomic mass is 16.7. The number of carbonyl (C=O) groups is 1. The van der Waals surface area contributed by atoms with Gasteiger partial charge in [0.2, 0.25) is 11.7 Å². The normalized spacial score (nSPS) is 16.3. The second-order valence-corrected chi connectivity index (χ2v) is 5.43. The third-order valence-electron chi connectivity index (χ3n) is 3.94. The second-order valence-electron chi connectivity index (χ2n) is 5.43. The standard InChI is InChI=1S/C17H15N3O4/c21-16(22)20-15-18-13-7-6-12(10-14(13)19-15)17(23-8-9-24-17)11-4-2-1-3-5-11/h1-7,10H,8-9H2,(H,21,22)(H2,18,19,20). The molecule has 0 bridgehead atoms. The molecule has 4 rings (SSSR count). The van der Waals surface area contributed by atoms with Crippen LogP contribution in [0.3, 0.4) is 0 Å². The van der Waals surface area contributed by atoms with Crippen LogP contribution in [0.25, 0.3) is 11.0 Å². The topological polar surface area (TPSA) is 96.5 Å². The molecule has 1 aliphatic heterocycles. The predicted octanol–water partition coefficient (Wildman–Crippen LogP) is 2.90. The van der Waals surface area contributed by atoms with Crippen molar-refractivity contribution >= 4 is 23.1 Å². The van der Waals surface area contributed by atoms with Gasteiger partial charge in [-0.1, -0.05) is 36.4 Å². The smallest absolute Gasteiger partial charge is 0.411 e. The molecular formula is C17H15N3O4. The van der Waals surface area contributed by atoms with Crippen molar-refractivity contribution in [3.05, 3.63) is 59.7 Å². The molecule has 0 atom stereocenters. The van der Waals surface area contributed by atoms with Crippen LogP contribution in [0, 0.1) is 0 Å². The number of carboxylic acid groups (broad SMARTS) is 1. The van der Waals surface area contributed by atoms with E-state index in [4.69, 9.17) is 14.6 Å². The highest BCUT2D eigenvalue weighted by Gasteiger charge is 2.40. The molecular weight excluding hydrogens is 310 g/mol. The van der Waals surface area contributed by atoms with E-state index in [-0.39, 0.29) is 5.95 Å². The van der Waals surface area contributed by atoms with Crippen LogP contribution in [-0.4, -0.2) is 34.4 Å². The fourth-order valence-corrected chi connectivity index (χ4v) is 2.94. The van der Waals surface area contributed by atoms with Gasteiger partial charge in [0.1, 0.15) is 0 Å². The second kappa shape index (κ2) is 5.63. The van der Waals surface area contributed by atoms with Crippen LogP contribution in [0.5, 0.6) is 0 Å².